The van der Waals surface area contributed by atoms with E-state index in [0.29, 0.717) is 50.7 Å². The summed E-state index contributed by atoms with van der Waals surface area (Å²) >= 11 is 0. The molecule has 1 aromatic rings. The molecule has 1 aliphatic heterocycles. The number of nitrogens with zero attached hydrogens (tertiary/aromatic N) is 1. The first kappa shape index (κ1) is 24.8. The maximum Gasteiger partial charge on any atom is 0.390 e. The highest BCUT2D eigenvalue weighted by atomic mass is 19.4. The minimum atomic E-state index is -4.08. The number of piperidine rings is 1. The van der Waals surface area contributed by atoms with Gasteiger partial charge in [-0.2, -0.15) is 13.2 Å². The third-order valence-electron chi connectivity index (χ3n) is 5.99. The number of carbonyl (C=O) groups excluding carboxylic acids is 1. The SMILES string of the molecule is CCOC(=O)[C@H](Cc1ccc(OCCNC2C3CN(CCC(F)(F)F)C[C@@H]32)cc1)OCC. The highest BCUT2D eigenvalue weighted by Gasteiger charge is 2.55. The number of rotatable bonds is 13. The smallest absolute Gasteiger partial charge is 0.390 e. The van der Waals surface area contributed by atoms with Gasteiger partial charge in [0.05, 0.1) is 13.0 Å². The number of fused-ring (bicyclic) bond motifs is 1. The zero-order chi connectivity index (χ0) is 23.1. The van der Waals surface area contributed by atoms with E-state index in [9.17, 15) is 18.0 Å². The zero-order valence-corrected chi connectivity index (χ0v) is 18.7. The molecule has 3 rings (SSSR count). The number of hydrogen-bond acceptors (Lipinski definition) is 6. The number of carbonyl (C=O) groups is 1. The summed E-state index contributed by atoms with van der Waals surface area (Å²) < 4.78 is 53.3. The molecule has 1 aromatic carbocycles. The molecule has 6 nitrogen and oxygen atoms in total. The van der Waals surface area contributed by atoms with Gasteiger partial charge in [0.1, 0.15) is 12.4 Å². The summed E-state index contributed by atoms with van der Waals surface area (Å²) in [6.45, 7) is 7.17. The summed E-state index contributed by atoms with van der Waals surface area (Å²) in [7, 11) is 0. The average Bonchev–Trinajstić information content (AvgIpc) is 3.19. The molecular weight excluding hydrogens is 425 g/mol. The molecule has 1 saturated heterocycles. The minimum absolute atomic E-state index is 0.105. The second-order valence-electron chi connectivity index (χ2n) is 8.32. The fourth-order valence-electron chi connectivity index (χ4n) is 4.36. The van der Waals surface area contributed by atoms with Crippen molar-refractivity contribution >= 4 is 5.97 Å². The Labute approximate surface area is 187 Å². The monoisotopic (exact) mass is 458 g/mol. The van der Waals surface area contributed by atoms with Crippen LogP contribution < -0.4 is 10.1 Å². The highest BCUT2D eigenvalue weighted by molar-refractivity contribution is 5.75. The Bertz CT molecular complexity index is 717. The first-order valence-corrected chi connectivity index (χ1v) is 11.3. The number of hydrogen-bond donors (Lipinski definition) is 1. The van der Waals surface area contributed by atoms with Gasteiger partial charge in [-0.3, -0.25) is 0 Å². The lowest BCUT2D eigenvalue weighted by Gasteiger charge is -2.20. The molecule has 2 aliphatic rings. The molecule has 32 heavy (non-hydrogen) atoms. The Kier molecular flexibility index (Phi) is 8.79. The Morgan fingerprint density at radius 1 is 1.16 bits per heavy atom. The third-order valence-corrected chi connectivity index (χ3v) is 5.99. The van der Waals surface area contributed by atoms with Crippen LogP contribution in [0.4, 0.5) is 13.2 Å². The molecule has 0 radical (unpaired) electrons. The van der Waals surface area contributed by atoms with Gasteiger partial charge < -0.3 is 24.4 Å². The van der Waals surface area contributed by atoms with Crippen molar-refractivity contribution in [1.29, 1.82) is 0 Å². The summed E-state index contributed by atoms with van der Waals surface area (Å²) in [5.41, 5.74) is 0.961. The van der Waals surface area contributed by atoms with Crippen LogP contribution in [0.25, 0.3) is 0 Å². The Morgan fingerprint density at radius 3 is 2.44 bits per heavy atom. The topological polar surface area (TPSA) is 60.0 Å². The molecule has 1 heterocycles. The molecule has 0 aromatic heterocycles. The van der Waals surface area contributed by atoms with Crippen LogP contribution in [0.2, 0.25) is 0 Å². The van der Waals surface area contributed by atoms with Crippen molar-refractivity contribution in [3.63, 3.8) is 0 Å². The highest BCUT2D eigenvalue weighted by Crippen LogP contribution is 2.45. The molecule has 1 N–H and O–H groups in total. The van der Waals surface area contributed by atoms with Crippen molar-refractivity contribution in [3.05, 3.63) is 29.8 Å². The van der Waals surface area contributed by atoms with Crippen molar-refractivity contribution < 1.29 is 32.2 Å². The van der Waals surface area contributed by atoms with Crippen LogP contribution >= 0.6 is 0 Å². The molecule has 9 heteroatoms. The standard InChI is InChI=1S/C23H33F3N2O4/c1-3-30-20(22(29)31-4-2)13-16-5-7-17(8-6-16)32-12-10-27-21-18-14-28(15-19(18)21)11-9-23(24,25)26/h5-8,18-21,27H,3-4,9-15H2,1-2H3/t18-,19?,20-,21?/m0/s1. The van der Waals surface area contributed by atoms with Crippen LogP contribution in [0.5, 0.6) is 5.75 Å². The summed E-state index contributed by atoms with van der Waals surface area (Å²) in [5.74, 6) is 1.31. The number of ether oxygens (including phenoxy) is 3. The normalized spacial score (nSPS) is 23.6. The predicted octanol–water partition coefficient (Wildman–Crippen LogP) is 3.05. The van der Waals surface area contributed by atoms with Gasteiger partial charge in [-0.1, -0.05) is 12.1 Å². The second kappa shape index (κ2) is 11.3. The first-order chi connectivity index (χ1) is 15.3. The average molecular weight is 459 g/mol. The van der Waals surface area contributed by atoms with E-state index in [1.54, 1.807) is 6.92 Å². The molecular formula is C23H33F3N2O4. The van der Waals surface area contributed by atoms with E-state index in [0.717, 1.165) is 24.4 Å². The van der Waals surface area contributed by atoms with Crippen LogP contribution in [0, 0.1) is 11.8 Å². The van der Waals surface area contributed by atoms with Gasteiger partial charge in [0.25, 0.3) is 0 Å². The molecule has 2 unspecified atom stereocenters. The van der Waals surface area contributed by atoms with Gasteiger partial charge >= 0.3 is 12.1 Å². The van der Waals surface area contributed by atoms with E-state index in [1.807, 2.05) is 36.1 Å². The van der Waals surface area contributed by atoms with E-state index in [2.05, 4.69) is 5.32 Å². The van der Waals surface area contributed by atoms with Crippen molar-refractivity contribution in [2.75, 3.05) is 46.0 Å². The molecule has 0 amide bonds. The number of likely N-dealkylation sites (tertiary alicyclic amines) is 1. The fourth-order valence-corrected chi connectivity index (χ4v) is 4.36. The molecule has 4 atom stereocenters. The zero-order valence-electron chi connectivity index (χ0n) is 18.7. The quantitative estimate of drug-likeness (QED) is 0.362. The van der Waals surface area contributed by atoms with E-state index in [4.69, 9.17) is 14.2 Å². The largest absolute Gasteiger partial charge is 0.492 e. The lowest BCUT2D eigenvalue weighted by Crippen LogP contribution is -2.34. The summed E-state index contributed by atoms with van der Waals surface area (Å²) in [6.07, 6.45) is -4.98. The van der Waals surface area contributed by atoms with Crippen LogP contribution in [0.1, 0.15) is 25.8 Å². The third kappa shape index (κ3) is 7.35. The number of alkyl halides is 3. The predicted molar refractivity (Wildman–Crippen MR) is 114 cm³/mol. The van der Waals surface area contributed by atoms with Crippen LogP contribution in [0.3, 0.4) is 0 Å². The number of halogens is 3. The van der Waals surface area contributed by atoms with Crippen molar-refractivity contribution in [3.8, 4) is 5.75 Å². The summed E-state index contributed by atoms with van der Waals surface area (Å²) in [4.78, 5) is 13.9. The maximum atomic E-state index is 12.3. The molecule has 2 fully saturated rings. The Balaban J connectivity index is 1.31. The van der Waals surface area contributed by atoms with Crippen LogP contribution in [0.15, 0.2) is 24.3 Å². The summed E-state index contributed by atoms with van der Waals surface area (Å²) in [6, 6.07) is 7.95. The number of esters is 1. The van der Waals surface area contributed by atoms with Gasteiger partial charge in [-0.15, -0.1) is 0 Å². The first-order valence-electron chi connectivity index (χ1n) is 11.3. The Hall–Kier alpha value is -1.84. The van der Waals surface area contributed by atoms with Gasteiger partial charge in [0.15, 0.2) is 6.10 Å². The Morgan fingerprint density at radius 2 is 1.84 bits per heavy atom. The molecule has 180 valence electrons. The summed E-state index contributed by atoms with van der Waals surface area (Å²) in [5, 5.41) is 3.46. The lowest BCUT2D eigenvalue weighted by atomic mass is 10.1. The molecule has 1 aliphatic carbocycles. The fraction of sp³-hybridized carbons (Fsp3) is 0.696. The van der Waals surface area contributed by atoms with Crippen molar-refractivity contribution in [1.82, 2.24) is 10.2 Å². The second-order valence-corrected chi connectivity index (χ2v) is 8.32. The van der Waals surface area contributed by atoms with Crippen molar-refractivity contribution in [2.45, 2.75) is 45.0 Å². The van der Waals surface area contributed by atoms with E-state index < -0.39 is 18.7 Å². The van der Waals surface area contributed by atoms with E-state index in [-0.39, 0.29) is 12.5 Å². The molecule has 0 spiro atoms. The minimum Gasteiger partial charge on any atom is -0.492 e. The number of benzene rings is 1. The van der Waals surface area contributed by atoms with Crippen LogP contribution in [-0.4, -0.2) is 75.2 Å². The van der Waals surface area contributed by atoms with Gasteiger partial charge in [0, 0.05) is 45.2 Å². The van der Waals surface area contributed by atoms with Crippen LogP contribution in [-0.2, 0) is 20.7 Å². The number of nitrogens with one attached hydrogen (secondary N) is 1. The lowest BCUT2D eigenvalue weighted by molar-refractivity contribution is -0.156. The van der Waals surface area contributed by atoms with Gasteiger partial charge in [-0.05, 0) is 43.4 Å². The molecule has 0 bridgehead atoms. The maximum absolute atomic E-state index is 12.3. The van der Waals surface area contributed by atoms with Gasteiger partial charge in [0.2, 0.25) is 0 Å². The van der Waals surface area contributed by atoms with E-state index >= 15 is 0 Å². The molecule has 1 saturated carbocycles. The van der Waals surface area contributed by atoms with E-state index in [1.165, 1.54) is 0 Å². The van der Waals surface area contributed by atoms with Gasteiger partial charge in [-0.25, -0.2) is 4.79 Å². The van der Waals surface area contributed by atoms with Crippen molar-refractivity contribution in [2.24, 2.45) is 11.8 Å².